The molecule has 4 nitrogen and oxygen atoms in total. The summed E-state index contributed by atoms with van der Waals surface area (Å²) >= 11 is 0. The van der Waals surface area contributed by atoms with Crippen molar-refractivity contribution >= 4 is 11.9 Å². The van der Waals surface area contributed by atoms with Crippen molar-refractivity contribution in [3.63, 3.8) is 0 Å². The highest BCUT2D eigenvalue weighted by atomic mass is 16.5. The van der Waals surface area contributed by atoms with Crippen LogP contribution in [-0.4, -0.2) is 25.2 Å². The average Bonchev–Trinajstić information content (AvgIpc) is 3.17. The molecule has 0 spiro atoms. The zero-order valence-corrected chi connectivity index (χ0v) is 17.0. The first-order valence-electron chi connectivity index (χ1n) is 9.57. The van der Waals surface area contributed by atoms with E-state index >= 15 is 0 Å². The first-order chi connectivity index (χ1) is 12.5. The van der Waals surface area contributed by atoms with Crippen molar-refractivity contribution in [1.82, 2.24) is 0 Å². The summed E-state index contributed by atoms with van der Waals surface area (Å²) in [6.45, 7) is 8.20. The fraction of sp³-hybridized carbons (Fsp3) is 0.545. The Hall–Kier alpha value is -1.94. The lowest BCUT2D eigenvalue weighted by molar-refractivity contribution is 0.293. The predicted octanol–water partition coefficient (Wildman–Crippen LogP) is 5.34. The zero-order chi connectivity index (χ0) is 19.4. The minimum absolute atomic E-state index is 0.348. The number of rotatable bonds is 9. The number of hydrogen-bond acceptors (Lipinski definition) is 4. The summed E-state index contributed by atoms with van der Waals surface area (Å²) in [6, 6.07) is 0. The Morgan fingerprint density at radius 3 is 2.50 bits per heavy atom. The van der Waals surface area contributed by atoms with Crippen LogP contribution >= 0.6 is 0 Å². The summed E-state index contributed by atoms with van der Waals surface area (Å²) in [5.74, 6) is 1.58. The largest absolute Gasteiger partial charge is 0.501 e. The van der Waals surface area contributed by atoms with Crippen LogP contribution in [0.4, 0.5) is 0 Å². The third kappa shape index (κ3) is 8.43. The molecule has 1 saturated carbocycles. The van der Waals surface area contributed by atoms with Crippen molar-refractivity contribution < 1.29 is 4.74 Å². The van der Waals surface area contributed by atoms with E-state index in [1.165, 1.54) is 31.3 Å². The molecule has 0 unspecified atom stereocenters. The van der Waals surface area contributed by atoms with Gasteiger partial charge >= 0.3 is 0 Å². The van der Waals surface area contributed by atoms with Gasteiger partial charge in [-0.3, -0.25) is 9.98 Å². The van der Waals surface area contributed by atoms with Gasteiger partial charge in [-0.25, -0.2) is 0 Å². The van der Waals surface area contributed by atoms with Gasteiger partial charge in [0, 0.05) is 18.1 Å². The number of hydrogen-bond donors (Lipinski definition) is 1. The molecule has 0 aromatic rings. The molecule has 144 valence electrons. The maximum Gasteiger partial charge on any atom is 0.117 e. The van der Waals surface area contributed by atoms with Crippen LogP contribution < -0.4 is 5.73 Å². The Morgan fingerprint density at radius 1 is 1.19 bits per heavy atom. The standard InChI is InChI=1S/C22H35N3O/c1-6-14-25-22(23)13-15-24-19(4)21(16-18(3)26-5)12-11-17(2)20-9-7-8-10-20/h11-16,20,22H,6-10,23H2,1-5H3/b15-13+,17-11+,18-16+,21-12+,24-19+,25-14-/t22-/m1/s1. The maximum atomic E-state index is 5.88. The molecule has 1 aliphatic carbocycles. The van der Waals surface area contributed by atoms with Crippen LogP contribution in [0.2, 0.25) is 0 Å². The number of nitrogens with two attached hydrogens (primary N) is 1. The zero-order valence-electron chi connectivity index (χ0n) is 17.0. The summed E-state index contributed by atoms with van der Waals surface area (Å²) < 4.78 is 5.31. The van der Waals surface area contributed by atoms with Gasteiger partial charge < -0.3 is 10.5 Å². The summed E-state index contributed by atoms with van der Waals surface area (Å²) in [5.41, 5.74) is 9.28. The Balaban J connectivity index is 2.95. The van der Waals surface area contributed by atoms with Crippen molar-refractivity contribution in [2.75, 3.05) is 7.11 Å². The average molecular weight is 358 g/mol. The van der Waals surface area contributed by atoms with E-state index in [4.69, 9.17) is 10.5 Å². The molecule has 1 aliphatic rings. The fourth-order valence-electron chi connectivity index (χ4n) is 2.88. The van der Waals surface area contributed by atoms with E-state index in [9.17, 15) is 0 Å². The van der Waals surface area contributed by atoms with E-state index < -0.39 is 0 Å². The lowest BCUT2D eigenvalue weighted by atomic mass is 9.98. The lowest BCUT2D eigenvalue weighted by Gasteiger charge is -2.09. The highest BCUT2D eigenvalue weighted by molar-refractivity contribution is 6.01. The molecule has 0 aliphatic heterocycles. The molecule has 1 atom stereocenters. The van der Waals surface area contributed by atoms with E-state index in [2.05, 4.69) is 29.1 Å². The lowest BCUT2D eigenvalue weighted by Crippen LogP contribution is -2.13. The van der Waals surface area contributed by atoms with Gasteiger partial charge in [0.25, 0.3) is 0 Å². The molecule has 0 radical (unpaired) electrons. The number of allylic oxidation sites excluding steroid dienone is 6. The normalized spacial score (nSPS) is 19.8. The number of methoxy groups -OCH3 is 1. The molecule has 1 rings (SSSR count). The molecule has 26 heavy (non-hydrogen) atoms. The van der Waals surface area contributed by atoms with Crippen molar-refractivity contribution in [2.24, 2.45) is 21.6 Å². The van der Waals surface area contributed by atoms with Crippen molar-refractivity contribution in [2.45, 2.75) is 66.0 Å². The summed E-state index contributed by atoms with van der Waals surface area (Å²) in [6.07, 6.45) is 17.6. The molecule has 4 heteroatoms. The van der Waals surface area contributed by atoms with Gasteiger partial charge in [-0.15, -0.1) is 0 Å². The minimum Gasteiger partial charge on any atom is -0.501 e. The fourth-order valence-corrected chi connectivity index (χ4v) is 2.88. The van der Waals surface area contributed by atoms with E-state index in [-0.39, 0.29) is 6.17 Å². The summed E-state index contributed by atoms with van der Waals surface area (Å²) in [5, 5.41) is 0. The van der Waals surface area contributed by atoms with Crippen LogP contribution in [0.1, 0.15) is 59.8 Å². The molecule has 0 aromatic heterocycles. The molecule has 0 heterocycles. The van der Waals surface area contributed by atoms with Crippen LogP contribution in [0.25, 0.3) is 0 Å². The first kappa shape index (κ1) is 22.1. The number of aliphatic imine (C=N–C) groups is 2. The van der Waals surface area contributed by atoms with E-state index in [0.29, 0.717) is 0 Å². The Kier molecular flexibility index (Phi) is 10.6. The minimum atomic E-state index is -0.348. The summed E-state index contributed by atoms with van der Waals surface area (Å²) in [4.78, 5) is 8.71. The van der Waals surface area contributed by atoms with Crippen molar-refractivity contribution in [1.29, 1.82) is 0 Å². The Bertz CT molecular complexity index is 603. The Morgan fingerprint density at radius 2 is 1.88 bits per heavy atom. The Labute approximate surface area is 159 Å². The molecule has 0 amide bonds. The van der Waals surface area contributed by atoms with Gasteiger partial charge in [0.15, 0.2) is 0 Å². The van der Waals surface area contributed by atoms with Crippen molar-refractivity contribution in [3.8, 4) is 0 Å². The smallest absolute Gasteiger partial charge is 0.117 e. The predicted molar refractivity (Wildman–Crippen MR) is 114 cm³/mol. The van der Waals surface area contributed by atoms with Gasteiger partial charge in [-0.2, -0.15) is 0 Å². The van der Waals surface area contributed by atoms with Crippen LogP contribution in [0.3, 0.4) is 0 Å². The monoisotopic (exact) mass is 357 g/mol. The van der Waals surface area contributed by atoms with E-state index in [0.717, 1.165) is 29.4 Å². The van der Waals surface area contributed by atoms with E-state index in [1.54, 1.807) is 19.4 Å². The van der Waals surface area contributed by atoms with Crippen LogP contribution in [0.5, 0.6) is 0 Å². The summed E-state index contributed by atoms with van der Waals surface area (Å²) in [7, 11) is 1.68. The van der Waals surface area contributed by atoms with Crippen LogP contribution in [0, 0.1) is 5.92 Å². The quantitative estimate of drug-likeness (QED) is 0.344. The first-order valence-corrected chi connectivity index (χ1v) is 9.57. The second kappa shape index (κ2) is 12.4. The highest BCUT2D eigenvalue weighted by Crippen LogP contribution is 2.30. The third-order valence-corrected chi connectivity index (χ3v) is 4.63. The highest BCUT2D eigenvalue weighted by Gasteiger charge is 2.15. The molecule has 0 saturated heterocycles. The second-order valence-electron chi connectivity index (χ2n) is 6.76. The van der Waals surface area contributed by atoms with Gasteiger partial charge in [0.2, 0.25) is 0 Å². The molecular weight excluding hydrogens is 322 g/mol. The third-order valence-electron chi connectivity index (χ3n) is 4.63. The van der Waals surface area contributed by atoms with Crippen LogP contribution in [-0.2, 0) is 4.74 Å². The molecule has 1 fully saturated rings. The number of nitrogens with zero attached hydrogens (tertiary/aromatic N) is 2. The van der Waals surface area contributed by atoms with Crippen LogP contribution in [0.15, 0.2) is 57.4 Å². The second-order valence-corrected chi connectivity index (χ2v) is 6.76. The molecular formula is C22H35N3O. The molecule has 0 bridgehead atoms. The van der Waals surface area contributed by atoms with Gasteiger partial charge in [0.1, 0.15) is 6.17 Å². The topological polar surface area (TPSA) is 60.0 Å². The molecule has 0 aromatic carbocycles. The van der Waals surface area contributed by atoms with Gasteiger partial charge in [-0.05, 0) is 63.7 Å². The number of ether oxygens (including phenoxy) is 1. The van der Waals surface area contributed by atoms with Gasteiger partial charge in [0.05, 0.1) is 12.9 Å². The maximum absolute atomic E-state index is 5.88. The van der Waals surface area contributed by atoms with E-state index in [1.807, 2.05) is 33.1 Å². The van der Waals surface area contributed by atoms with Gasteiger partial charge in [-0.1, -0.05) is 37.5 Å². The molecule has 2 N–H and O–H groups in total. The SMILES string of the molecule is CC/C=N\[C@@H](N)/C=C/N=C(C)/C(/C=C(\C)OC)=C/C=C(\C)C1CCCC1. The van der Waals surface area contributed by atoms with Crippen molar-refractivity contribution in [3.05, 3.63) is 47.4 Å².